The molecule has 0 atom stereocenters. The summed E-state index contributed by atoms with van der Waals surface area (Å²) in [5.74, 6) is 0.782. The minimum atomic E-state index is -0.404. The van der Waals surface area contributed by atoms with Crippen molar-refractivity contribution in [3.63, 3.8) is 0 Å². The number of nitrogens with zero attached hydrogens (tertiary/aromatic N) is 3. The maximum Gasteiger partial charge on any atom is 0.413 e. The van der Waals surface area contributed by atoms with Crippen molar-refractivity contribution in [3.05, 3.63) is 41.5 Å². The van der Waals surface area contributed by atoms with Gasteiger partial charge in [0.05, 0.1) is 12.5 Å². The summed E-state index contributed by atoms with van der Waals surface area (Å²) in [4.78, 5) is 23.9. The van der Waals surface area contributed by atoms with E-state index in [0.717, 1.165) is 33.8 Å². The third-order valence-corrected chi connectivity index (χ3v) is 4.88. The molecule has 0 saturated carbocycles. The van der Waals surface area contributed by atoms with Gasteiger partial charge in [-0.25, -0.2) is 14.8 Å². The van der Waals surface area contributed by atoms with Gasteiger partial charge in [-0.2, -0.15) is 0 Å². The first-order valence-electron chi connectivity index (χ1n) is 7.54. The predicted molar refractivity (Wildman–Crippen MR) is 97.3 cm³/mol. The third-order valence-electron chi connectivity index (χ3n) is 3.69. The maximum atomic E-state index is 11.5. The molecule has 0 aliphatic heterocycles. The molecule has 0 fully saturated rings. The number of thiophene rings is 1. The number of hydrogen-bond donors (Lipinski definition) is 1. The highest BCUT2D eigenvalue weighted by molar-refractivity contribution is 7.18. The van der Waals surface area contributed by atoms with Crippen molar-refractivity contribution in [2.24, 2.45) is 0 Å². The Balaban J connectivity index is 1.84. The second-order valence-electron chi connectivity index (χ2n) is 5.21. The zero-order valence-electron chi connectivity index (χ0n) is 13.7. The fourth-order valence-corrected chi connectivity index (χ4v) is 3.26. The monoisotopic (exact) mass is 342 g/mol. The van der Waals surface area contributed by atoms with E-state index >= 15 is 0 Å². The molecule has 0 aliphatic rings. The minimum absolute atomic E-state index is 0.404. The molecule has 6 nitrogen and oxygen atoms in total. The van der Waals surface area contributed by atoms with Gasteiger partial charge in [0.25, 0.3) is 0 Å². The highest BCUT2D eigenvalue weighted by atomic mass is 32.1. The number of nitrogens with one attached hydrogen (secondary N) is 1. The fraction of sp³-hybridized carbons (Fsp3) is 0.235. The number of fused-ring (bicyclic) bond motifs is 1. The van der Waals surface area contributed by atoms with Crippen LogP contribution in [0.4, 0.5) is 22.0 Å². The molecule has 24 heavy (non-hydrogen) atoms. The van der Waals surface area contributed by atoms with E-state index in [-0.39, 0.29) is 0 Å². The lowest BCUT2D eigenvalue weighted by Crippen LogP contribution is -2.25. The van der Waals surface area contributed by atoms with Crippen molar-refractivity contribution >= 4 is 44.8 Å². The summed E-state index contributed by atoms with van der Waals surface area (Å²) in [6, 6.07) is 9.62. The molecular weight excluding hydrogens is 324 g/mol. The van der Waals surface area contributed by atoms with Crippen molar-refractivity contribution in [3.8, 4) is 0 Å². The van der Waals surface area contributed by atoms with Crippen LogP contribution < -0.4 is 10.2 Å². The van der Waals surface area contributed by atoms with E-state index in [9.17, 15) is 4.79 Å². The summed E-state index contributed by atoms with van der Waals surface area (Å²) in [6.07, 6.45) is 2.15. The van der Waals surface area contributed by atoms with Crippen LogP contribution in [0.3, 0.4) is 0 Å². The largest absolute Gasteiger partial charge is 0.452 e. The van der Waals surface area contributed by atoms with Crippen LogP contribution in [0, 0.1) is 0 Å². The van der Waals surface area contributed by atoms with Crippen LogP contribution >= 0.6 is 11.3 Å². The normalized spacial score (nSPS) is 10.6. The minimum Gasteiger partial charge on any atom is -0.452 e. The van der Waals surface area contributed by atoms with Gasteiger partial charge in [0, 0.05) is 23.3 Å². The average Bonchev–Trinajstić information content (AvgIpc) is 3.05. The number of benzene rings is 1. The number of anilines is 3. The van der Waals surface area contributed by atoms with E-state index in [1.807, 2.05) is 24.3 Å². The number of ether oxygens (including phenoxy) is 1. The zero-order valence-corrected chi connectivity index (χ0v) is 14.6. The summed E-state index contributed by atoms with van der Waals surface area (Å²) >= 11 is 1.68. The van der Waals surface area contributed by atoms with Crippen LogP contribution in [0.1, 0.15) is 11.8 Å². The number of aromatic nitrogens is 2. The van der Waals surface area contributed by atoms with Gasteiger partial charge in [0.2, 0.25) is 0 Å². The first-order valence-corrected chi connectivity index (χ1v) is 8.36. The Labute approximate surface area is 144 Å². The molecule has 0 radical (unpaired) electrons. The summed E-state index contributed by atoms with van der Waals surface area (Å²) in [5, 5.41) is 4.34. The Bertz CT molecular complexity index is 861. The van der Waals surface area contributed by atoms with Gasteiger partial charge in [-0.3, -0.25) is 4.90 Å². The molecule has 124 valence electrons. The van der Waals surface area contributed by atoms with E-state index in [1.54, 1.807) is 24.7 Å². The van der Waals surface area contributed by atoms with Crippen LogP contribution in [0.15, 0.2) is 36.7 Å². The summed E-state index contributed by atoms with van der Waals surface area (Å²) in [7, 11) is 3.03. The predicted octanol–water partition coefficient (Wildman–Crippen LogP) is 4.20. The van der Waals surface area contributed by atoms with Crippen LogP contribution in [0.25, 0.3) is 10.2 Å². The first kappa shape index (κ1) is 16.2. The molecule has 1 aromatic carbocycles. The smallest absolute Gasteiger partial charge is 0.413 e. The fourth-order valence-electron chi connectivity index (χ4n) is 2.33. The van der Waals surface area contributed by atoms with Gasteiger partial charge in [-0.05, 0) is 36.8 Å². The second kappa shape index (κ2) is 6.84. The van der Waals surface area contributed by atoms with Crippen LogP contribution in [0.5, 0.6) is 0 Å². The van der Waals surface area contributed by atoms with Gasteiger partial charge in [0.15, 0.2) is 0 Å². The molecule has 7 heteroatoms. The lowest BCUT2D eigenvalue weighted by molar-refractivity contribution is 0.180. The van der Waals surface area contributed by atoms with Crippen LogP contribution in [-0.2, 0) is 11.2 Å². The first-order chi connectivity index (χ1) is 11.6. The highest BCUT2D eigenvalue weighted by Gasteiger charge is 2.11. The Morgan fingerprint density at radius 2 is 2.04 bits per heavy atom. The van der Waals surface area contributed by atoms with E-state index in [0.29, 0.717) is 0 Å². The molecule has 0 spiro atoms. The second-order valence-corrected chi connectivity index (χ2v) is 6.32. The molecule has 2 aromatic heterocycles. The molecule has 0 unspecified atom stereocenters. The Kier molecular flexibility index (Phi) is 4.61. The topological polar surface area (TPSA) is 67.4 Å². The van der Waals surface area contributed by atoms with Crippen molar-refractivity contribution < 1.29 is 9.53 Å². The van der Waals surface area contributed by atoms with Crippen molar-refractivity contribution in [1.29, 1.82) is 0 Å². The lowest BCUT2D eigenvalue weighted by Gasteiger charge is -2.16. The molecule has 2 heterocycles. The van der Waals surface area contributed by atoms with Gasteiger partial charge in [0.1, 0.15) is 17.0 Å². The van der Waals surface area contributed by atoms with Crippen molar-refractivity contribution in [1.82, 2.24) is 9.97 Å². The molecule has 0 bridgehead atoms. The molecule has 1 N–H and O–H groups in total. The van der Waals surface area contributed by atoms with E-state index in [4.69, 9.17) is 4.74 Å². The number of carbonyl (C=O) groups excluding carboxylic acids is 1. The molecule has 3 rings (SSSR count). The number of carbonyl (C=O) groups is 1. The summed E-state index contributed by atoms with van der Waals surface area (Å²) in [5.41, 5.74) is 1.64. The summed E-state index contributed by atoms with van der Waals surface area (Å²) in [6.45, 7) is 2.13. The Morgan fingerprint density at radius 3 is 2.71 bits per heavy atom. The SMILES string of the molecule is CCc1cc2c(Nc3ccc(N(C)C(=O)OC)cc3)ncnc2s1. The molecule has 0 aliphatic carbocycles. The van der Waals surface area contributed by atoms with Gasteiger partial charge >= 0.3 is 6.09 Å². The lowest BCUT2D eigenvalue weighted by atomic mass is 10.2. The van der Waals surface area contributed by atoms with E-state index < -0.39 is 6.09 Å². The summed E-state index contributed by atoms with van der Waals surface area (Å²) < 4.78 is 4.71. The highest BCUT2D eigenvalue weighted by Crippen LogP contribution is 2.30. The number of methoxy groups -OCH3 is 1. The van der Waals surface area contributed by atoms with Gasteiger partial charge in [-0.15, -0.1) is 11.3 Å². The van der Waals surface area contributed by atoms with Crippen LogP contribution in [-0.4, -0.2) is 30.2 Å². The van der Waals surface area contributed by atoms with Gasteiger partial charge < -0.3 is 10.1 Å². The van der Waals surface area contributed by atoms with Crippen molar-refractivity contribution in [2.45, 2.75) is 13.3 Å². The number of aryl methyl sites for hydroxylation is 1. The van der Waals surface area contributed by atoms with Gasteiger partial charge in [-0.1, -0.05) is 6.92 Å². The molecular formula is C17H18N4O2S. The maximum absolute atomic E-state index is 11.5. The Hall–Kier alpha value is -2.67. The standard InChI is InChI=1S/C17H18N4O2S/c1-4-13-9-14-15(18-10-19-16(14)24-13)20-11-5-7-12(8-6-11)21(2)17(22)23-3/h5-10H,4H2,1-3H3,(H,18,19,20). The zero-order chi connectivity index (χ0) is 17.1. The molecule has 1 amide bonds. The number of amides is 1. The molecule has 3 aromatic rings. The van der Waals surface area contributed by atoms with E-state index in [1.165, 1.54) is 16.9 Å². The number of hydrogen-bond acceptors (Lipinski definition) is 6. The van der Waals surface area contributed by atoms with E-state index in [2.05, 4.69) is 28.3 Å². The Morgan fingerprint density at radius 1 is 1.29 bits per heavy atom. The number of rotatable bonds is 4. The van der Waals surface area contributed by atoms with Crippen molar-refractivity contribution in [2.75, 3.05) is 24.4 Å². The average molecular weight is 342 g/mol. The van der Waals surface area contributed by atoms with Crippen LogP contribution in [0.2, 0.25) is 0 Å². The molecule has 0 saturated heterocycles. The third kappa shape index (κ3) is 3.16. The quantitative estimate of drug-likeness (QED) is 0.769.